The number of carbonyl (C=O) groups is 1. The van der Waals surface area contributed by atoms with Gasteiger partial charge < -0.3 is 23.9 Å². The van der Waals surface area contributed by atoms with Crippen LogP contribution in [-0.2, 0) is 18.8 Å². The predicted molar refractivity (Wildman–Crippen MR) is 99.8 cm³/mol. The van der Waals surface area contributed by atoms with Gasteiger partial charge in [0.05, 0.1) is 24.2 Å². The second kappa shape index (κ2) is 7.12. The molecule has 0 aliphatic carbocycles. The number of phenolic OH excluding ortho intramolecular Hbond substituents is 1. The lowest BCUT2D eigenvalue weighted by Crippen LogP contribution is -2.41. The van der Waals surface area contributed by atoms with E-state index in [0.29, 0.717) is 11.2 Å². The fraction of sp³-hybridized carbons (Fsp3) is 0.632. The molecule has 0 radical (unpaired) electrons. The minimum Gasteiger partial charge on any atom is -0.504 e. The molecule has 7 heteroatoms. The number of rotatable bonds is 5. The van der Waals surface area contributed by atoms with Crippen molar-refractivity contribution < 1.29 is 28.7 Å². The molecule has 0 unspecified atom stereocenters. The minimum absolute atomic E-state index is 0.0265. The largest absolute Gasteiger partial charge is 0.504 e. The van der Waals surface area contributed by atoms with E-state index >= 15 is 0 Å². The molecular weight excluding hydrogens is 335 g/mol. The van der Waals surface area contributed by atoms with Crippen LogP contribution in [0, 0.1) is 0 Å². The average molecular weight is 364 g/mol. The highest BCUT2D eigenvalue weighted by atomic mass is 16.7. The predicted octanol–water partition coefficient (Wildman–Crippen LogP) is 2.80. The molecule has 0 aromatic heterocycles. The molecule has 1 aliphatic rings. The fourth-order valence-corrected chi connectivity index (χ4v) is 2.42. The molecule has 0 amide bonds. The molecule has 1 heterocycles. The molecule has 1 aromatic rings. The van der Waals surface area contributed by atoms with Crippen LogP contribution in [0.5, 0.6) is 11.5 Å². The van der Waals surface area contributed by atoms with Crippen molar-refractivity contribution in [1.29, 1.82) is 0 Å². The van der Waals surface area contributed by atoms with Crippen molar-refractivity contribution in [2.24, 2.45) is 0 Å². The van der Waals surface area contributed by atoms with Crippen LogP contribution in [0.25, 0.3) is 0 Å². The summed E-state index contributed by atoms with van der Waals surface area (Å²) in [5.41, 5.74) is -0.712. The Bertz CT molecular complexity index is 646. The lowest BCUT2D eigenvalue weighted by Gasteiger charge is -2.32. The summed E-state index contributed by atoms with van der Waals surface area (Å²) < 4.78 is 22.6. The maximum absolute atomic E-state index is 11.7. The number of benzene rings is 1. The van der Waals surface area contributed by atoms with E-state index in [9.17, 15) is 9.90 Å². The second-order valence-electron chi connectivity index (χ2n) is 8.50. The van der Waals surface area contributed by atoms with Crippen molar-refractivity contribution in [2.45, 2.75) is 71.7 Å². The van der Waals surface area contributed by atoms with E-state index in [1.54, 1.807) is 18.2 Å². The molecule has 1 aromatic carbocycles. The van der Waals surface area contributed by atoms with Crippen LogP contribution >= 0.6 is 0 Å². The molecule has 2 rings (SSSR count). The van der Waals surface area contributed by atoms with Gasteiger partial charge >= 0.3 is 13.1 Å². The Morgan fingerprint density at radius 3 is 2.23 bits per heavy atom. The van der Waals surface area contributed by atoms with Crippen LogP contribution in [0.2, 0.25) is 0 Å². The average Bonchev–Trinajstić information content (AvgIpc) is 2.67. The first-order valence-electron chi connectivity index (χ1n) is 8.84. The van der Waals surface area contributed by atoms with Crippen molar-refractivity contribution in [3.63, 3.8) is 0 Å². The Kier molecular flexibility index (Phi) is 5.64. The lowest BCUT2D eigenvalue weighted by atomic mass is 9.79. The molecule has 144 valence electrons. The SMILES string of the molecule is CC(C)(C)OC(=O)CCOc1ccc(B2OC(C)(C)C(C)(C)O2)cc1O. The molecule has 1 aliphatic heterocycles. The highest BCUT2D eigenvalue weighted by molar-refractivity contribution is 6.62. The van der Waals surface area contributed by atoms with E-state index in [0.717, 1.165) is 0 Å². The van der Waals surface area contributed by atoms with Gasteiger partial charge in [0.15, 0.2) is 11.5 Å². The van der Waals surface area contributed by atoms with Crippen LogP contribution in [0.3, 0.4) is 0 Å². The number of hydrogen-bond donors (Lipinski definition) is 1. The van der Waals surface area contributed by atoms with Gasteiger partial charge in [-0.25, -0.2) is 0 Å². The van der Waals surface area contributed by atoms with E-state index in [2.05, 4.69) is 0 Å². The molecule has 0 saturated carbocycles. The van der Waals surface area contributed by atoms with Gasteiger partial charge in [0, 0.05) is 0 Å². The van der Waals surface area contributed by atoms with Gasteiger partial charge in [-0.3, -0.25) is 4.79 Å². The molecule has 0 bridgehead atoms. The summed E-state index contributed by atoms with van der Waals surface area (Å²) in [6, 6.07) is 4.99. The summed E-state index contributed by atoms with van der Waals surface area (Å²) in [5, 5.41) is 10.2. The topological polar surface area (TPSA) is 74.2 Å². The number of phenols is 1. The Labute approximate surface area is 155 Å². The van der Waals surface area contributed by atoms with E-state index in [4.69, 9.17) is 18.8 Å². The standard InChI is InChI=1S/C19H29BO6/c1-17(2,3)24-16(22)10-11-23-15-9-8-13(12-14(15)21)20-25-18(4,5)19(6,7)26-20/h8-9,12,21H,10-11H2,1-7H3. The number of carbonyl (C=O) groups excluding carboxylic acids is 1. The van der Waals surface area contributed by atoms with E-state index in [1.165, 1.54) is 0 Å². The third kappa shape index (κ3) is 4.92. The molecule has 1 saturated heterocycles. The molecule has 6 nitrogen and oxygen atoms in total. The summed E-state index contributed by atoms with van der Waals surface area (Å²) >= 11 is 0. The quantitative estimate of drug-likeness (QED) is 0.640. The van der Waals surface area contributed by atoms with E-state index < -0.39 is 23.9 Å². The number of ether oxygens (including phenoxy) is 2. The summed E-state index contributed by atoms with van der Waals surface area (Å²) in [7, 11) is -0.554. The van der Waals surface area contributed by atoms with Crippen molar-refractivity contribution in [3.8, 4) is 11.5 Å². The smallest absolute Gasteiger partial charge is 0.494 e. The maximum Gasteiger partial charge on any atom is 0.494 e. The van der Waals surface area contributed by atoms with Gasteiger partial charge in [-0.1, -0.05) is 6.07 Å². The van der Waals surface area contributed by atoms with Gasteiger partial charge in [0.25, 0.3) is 0 Å². The van der Waals surface area contributed by atoms with Crippen molar-refractivity contribution in [3.05, 3.63) is 18.2 Å². The second-order valence-corrected chi connectivity index (χ2v) is 8.50. The van der Waals surface area contributed by atoms with Crippen LogP contribution in [0.1, 0.15) is 54.9 Å². The first-order valence-corrected chi connectivity index (χ1v) is 8.84. The molecule has 1 fully saturated rings. The zero-order valence-corrected chi connectivity index (χ0v) is 16.7. The number of esters is 1. The molecule has 0 atom stereocenters. The summed E-state index contributed by atoms with van der Waals surface area (Å²) in [6.07, 6.45) is 0.107. The first-order chi connectivity index (χ1) is 11.8. The van der Waals surface area contributed by atoms with Gasteiger partial charge in [0.2, 0.25) is 0 Å². The summed E-state index contributed by atoms with van der Waals surface area (Å²) in [5.74, 6) is -0.0685. The Morgan fingerprint density at radius 2 is 1.73 bits per heavy atom. The Morgan fingerprint density at radius 1 is 1.15 bits per heavy atom. The molecular formula is C19H29BO6. The van der Waals surface area contributed by atoms with Gasteiger partial charge in [0.1, 0.15) is 5.60 Å². The third-order valence-electron chi connectivity index (χ3n) is 4.49. The van der Waals surface area contributed by atoms with E-state index in [-0.39, 0.29) is 24.7 Å². The van der Waals surface area contributed by atoms with Crippen molar-refractivity contribution >= 4 is 18.6 Å². The highest BCUT2D eigenvalue weighted by Crippen LogP contribution is 2.37. The first kappa shape index (κ1) is 20.6. The van der Waals surface area contributed by atoms with Gasteiger partial charge in [-0.2, -0.15) is 0 Å². The normalized spacial score (nSPS) is 18.7. The lowest BCUT2D eigenvalue weighted by molar-refractivity contribution is -0.155. The third-order valence-corrected chi connectivity index (χ3v) is 4.49. The van der Waals surface area contributed by atoms with E-state index in [1.807, 2.05) is 48.5 Å². The van der Waals surface area contributed by atoms with Crippen LogP contribution in [0.15, 0.2) is 18.2 Å². The maximum atomic E-state index is 11.7. The fourth-order valence-electron chi connectivity index (χ4n) is 2.42. The Hall–Kier alpha value is -1.73. The van der Waals surface area contributed by atoms with Crippen molar-refractivity contribution in [1.82, 2.24) is 0 Å². The molecule has 26 heavy (non-hydrogen) atoms. The Balaban J connectivity index is 1.95. The molecule has 1 N–H and O–H groups in total. The monoisotopic (exact) mass is 364 g/mol. The van der Waals surface area contributed by atoms with Gasteiger partial charge in [-0.05, 0) is 66.1 Å². The number of hydrogen-bond acceptors (Lipinski definition) is 6. The molecule has 0 spiro atoms. The minimum atomic E-state index is -0.554. The van der Waals surface area contributed by atoms with Crippen molar-refractivity contribution in [2.75, 3.05) is 6.61 Å². The van der Waals surface area contributed by atoms with Crippen LogP contribution in [-0.4, -0.2) is 41.6 Å². The van der Waals surface area contributed by atoms with Crippen LogP contribution < -0.4 is 10.2 Å². The summed E-state index contributed by atoms with van der Waals surface area (Å²) in [6.45, 7) is 13.5. The zero-order chi connectivity index (χ0) is 19.8. The number of aromatic hydroxyl groups is 1. The summed E-state index contributed by atoms with van der Waals surface area (Å²) in [4.78, 5) is 11.7. The zero-order valence-electron chi connectivity index (χ0n) is 16.7. The van der Waals surface area contributed by atoms with Crippen LogP contribution in [0.4, 0.5) is 0 Å². The highest BCUT2D eigenvalue weighted by Gasteiger charge is 2.51. The van der Waals surface area contributed by atoms with Gasteiger partial charge in [-0.15, -0.1) is 0 Å².